The molecule has 0 aliphatic carbocycles. The Balaban J connectivity index is 1.55. The van der Waals surface area contributed by atoms with Crippen molar-refractivity contribution < 1.29 is 22.8 Å². The number of carbonyl (C=O) groups excluding carboxylic acids is 3. The average molecular weight is 562 g/mol. The maximum absolute atomic E-state index is 13.2. The number of anilines is 1. The first-order valence-electron chi connectivity index (χ1n) is 12.8. The Morgan fingerprint density at radius 2 is 1.66 bits per heavy atom. The van der Waals surface area contributed by atoms with Gasteiger partial charge >= 0.3 is 0 Å². The van der Waals surface area contributed by atoms with Gasteiger partial charge in [-0.25, -0.2) is 8.42 Å². The van der Waals surface area contributed by atoms with Crippen LogP contribution in [0.25, 0.3) is 0 Å². The predicted octanol–water partition coefficient (Wildman–Crippen LogP) is 2.97. The van der Waals surface area contributed by atoms with Gasteiger partial charge < -0.3 is 5.32 Å². The summed E-state index contributed by atoms with van der Waals surface area (Å²) in [4.78, 5) is 40.9. The molecule has 3 N–H and O–H groups in total. The number of nitrogens with zero attached hydrogens (tertiary/aromatic N) is 2. The predicted molar refractivity (Wildman–Crippen MR) is 146 cm³/mol. The van der Waals surface area contributed by atoms with E-state index in [1.807, 2.05) is 0 Å². The summed E-state index contributed by atoms with van der Waals surface area (Å²) < 4.78 is 27.6. The fourth-order valence-electron chi connectivity index (χ4n) is 4.73. The van der Waals surface area contributed by atoms with E-state index < -0.39 is 27.7 Å². The van der Waals surface area contributed by atoms with Crippen LogP contribution in [-0.2, 0) is 27.8 Å². The summed E-state index contributed by atoms with van der Waals surface area (Å²) in [6.07, 6.45) is 2.30. The van der Waals surface area contributed by atoms with Crippen LogP contribution in [0.2, 0.25) is 0 Å². The zero-order valence-corrected chi connectivity index (χ0v) is 23.8. The molecule has 1 fully saturated rings. The molecule has 3 amide bonds. The molecule has 0 bridgehead atoms. The summed E-state index contributed by atoms with van der Waals surface area (Å²) in [5.74, 6) is -0.848. The molecule has 12 heteroatoms. The summed E-state index contributed by atoms with van der Waals surface area (Å²) in [5.41, 5.74) is 6.21. The molecule has 2 aliphatic heterocycles. The molecular formula is C26H35N5O5S2. The van der Waals surface area contributed by atoms with E-state index >= 15 is 0 Å². The third-order valence-electron chi connectivity index (χ3n) is 7.12. The van der Waals surface area contributed by atoms with Crippen molar-refractivity contribution >= 4 is 44.1 Å². The molecule has 0 atom stereocenters. The summed E-state index contributed by atoms with van der Waals surface area (Å²) in [6.45, 7) is 10.1. The minimum Gasteiger partial charge on any atom is -0.313 e. The zero-order valence-electron chi connectivity index (χ0n) is 22.2. The fraction of sp³-hybridized carbons (Fsp3) is 0.500. The van der Waals surface area contributed by atoms with Gasteiger partial charge in [-0.2, -0.15) is 4.31 Å². The van der Waals surface area contributed by atoms with Crippen molar-refractivity contribution in [1.29, 1.82) is 0 Å². The highest BCUT2D eigenvalue weighted by atomic mass is 32.2. The van der Waals surface area contributed by atoms with Crippen LogP contribution in [-0.4, -0.2) is 61.0 Å². The number of nitrogens with one attached hydrogen (secondary N) is 3. The molecule has 0 unspecified atom stereocenters. The highest BCUT2D eigenvalue weighted by Crippen LogP contribution is 2.38. The molecule has 0 radical (unpaired) electrons. The average Bonchev–Trinajstić information content (AvgIpc) is 3.24. The summed E-state index contributed by atoms with van der Waals surface area (Å²) in [6, 6.07) is 6.21. The third kappa shape index (κ3) is 6.09. The molecule has 1 aromatic heterocycles. The molecule has 38 heavy (non-hydrogen) atoms. The van der Waals surface area contributed by atoms with E-state index in [-0.39, 0.29) is 10.5 Å². The lowest BCUT2D eigenvalue weighted by molar-refractivity contribution is -0.119. The first-order valence-corrected chi connectivity index (χ1v) is 15.1. The van der Waals surface area contributed by atoms with Crippen LogP contribution in [0.1, 0.15) is 71.7 Å². The van der Waals surface area contributed by atoms with Crippen LogP contribution in [0.3, 0.4) is 0 Å². The van der Waals surface area contributed by atoms with Crippen molar-refractivity contribution in [2.75, 3.05) is 25.0 Å². The summed E-state index contributed by atoms with van der Waals surface area (Å²) >= 11 is 1.35. The van der Waals surface area contributed by atoms with Gasteiger partial charge in [-0.1, -0.05) is 6.92 Å². The maximum Gasteiger partial charge on any atom is 0.272 e. The number of rotatable bonds is 6. The van der Waals surface area contributed by atoms with E-state index in [0.717, 1.165) is 29.8 Å². The van der Waals surface area contributed by atoms with E-state index in [9.17, 15) is 22.8 Å². The smallest absolute Gasteiger partial charge is 0.272 e. The Hall–Kier alpha value is -2.80. The molecule has 0 spiro atoms. The SMILES string of the molecule is CC(=O)NNC(=O)c1c(NC(=O)c2ccc(S(=O)(=O)N3CCC(C)CC3)cc2)sc2c1CCN(C(C)C)C2. The highest BCUT2D eigenvalue weighted by molar-refractivity contribution is 7.89. The lowest BCUT2D eigenvalue weighted by Gasteiger charge is -2.30. The Kier molecular flexibility index (Phi) is 8.55. The van der Waals surface area contributed by atoms with Gasteiger partial charge in [0.05, 0.1) is 10.5 Å². The molecule has 2 aliphatic rings. The van der Waals surface area contributed by atoms with Gasteiger partial charge in [-0.05, 0) is 68.9 Å². The second kappa shape index (κ2) is 11.5. The standard InChI is InChI=1S/C26H35N5O5S2/c1-16(2)30-12-11-21-22(15-30)37-26(23(21)25(34)29-28-18(4)32)27-24(33)19-5-7-20(8-6-19)38(35,36)31-13-9-17(3)10-14-31/h5-8,16-17H,9-15H2,1-4H3,(H,27,33)(H,28,32)(H,29,34). The molecule has 2 aromatic rings. The summed E-state index contributed by atoms with van der Waals surface area (Å²) in [7, 11) is -3.62. The number of fused-ring (bicyclic) bond motifs is 1. The number of benzene rings is 1. The van der Waals surface area contributed by atoms with E-state index in [1.54, 1.807) is 0 Å². The van der Waals surface area contributed by atoms with E-state index in [2.05, 4.69) is 41.8 Å². The highest BCUT2D eigenvalue weighted by Gasteiger charge is 2.31. The third-order valence-corrected chi connectivity index (χ3v) is 10.2. The van der Waals surface area contributed by atoms with Gasteiger partial charge in [-0.15, -0.1) is 11.3 Å². The topological polar surface area (TPSA) is 128 Å². The molecule has 3 heterocycles. The first kappa shape index (κ1) is 28.2. The van der Waals surface area contributed by atoms with Crippen LogP contribution in [0.15, 0.2) is 29.2 Å². The van der Waals surface area contributed by atoms with Crippen molar-refractivity contribution in [2.45, 2.75) is 64.4 Å². The van der Waals surface area contributed by atoms with Gasteiger partial charge in [-0.3, -0.25) is 30.1 Å². The normalized spacial score (nSPS) is 17.2. The van der Waals surface area contributed by atoms with Gasteiger partial charge in [0, 0.05) is 49.6 Å². The molecule has 206 valence electrons. The van der Waals surface area contributed by atoms with Crippen molar-refractivity contribution in [3.05, 3.63) is 45.8 Å². The number of amides is 3. The molecular weight excluding hydrogens is 526 g/mol. The van der Waals surface area contributed by atoms with Gasteiger partial charge in [0.1, 0.15) is 5.00 Å². The number of sulfonamides is 1. The van der Waals surface area contributed by atoms with E-state index in [1.165, 1.54) is 46.8 Å². The molecule has 0 saturated carbocycles. The van der Waals surface area contributed by atoms with E-state index in [0.29, 0.717) is 48.6 Å². The quantitative estimate of drug-likeness (QED) is 0.466. The first-order chi connectivity index (χ1) is 18.0. The Morgan fingerprint density at radius 3 is 2.26 bits per heavy atom. The summed E-state index contributed by atoms with van der Waals surface area (Å²) in [5, 5.41) is 3.25. The number of hydrazine groups is 1. The lowest BCUT2D eigenvalue weighted by Crippen LogP contribution is -2.41. The molecule has 4 rings (SSSR count). The Bertz CT molecular complexity index is 1310. The van der Waals surface area contributed by atoms with Gasteiger partial charge in [0.25, 0.3) is 11.8 Å². The number of thiophene rings is 1. The number of hydrogen-bond donors (Lipinski definition) is 3. The van der Waals surface area contributed by atoms with Crippen LogP contribution < -0.4 is 16.2 Å². The van der Waals surface area contributed by atoms with Crippen LogP contribution in [0.4, 0.5) is 5.00 Å². The number of hydrogen-bond acceptors (Lipinski definition) is 7. The second-order valence-corrected chi connectivity index (χ2v) is 13.3. The Morgan fingerprint density at radius 1 is 1.00 bits per heavy atom. The van der Waals surface area contributed by atoms with E-state index in [4.69, 9.17) is 0 Å². The minimum atomic E-state index is -3.62. The molecule has 1 aromatic carbocycles. The zero-order chi connectivity index (χ0) is 27.6. The minimum absolute atomic E-state index is 0.152. The number of piperidine rings is 1. The fourth-order valence-corrected chi connectivity index (χ4v) is 7.46. The van der Waals surface area contributed by atoms with Crippen molar-refractivity contribution in [1.82, 2.24) is 20.1 Å². The van der Waals surface area contributed by atoms with Crippen LogP contribution in [0, 0.1) is 5.92 Å². The Labute approximate surface area is 227 Å². The van der Waals surface area contributed by atoms with Crippen molar-refractivity contribution in [2.24, 2.45) is 5.92 Å². The van der Waals surface area contributed by atoms with Crippen LogP contribution in [0.5, 0.6) is 0 Å². The maximum atomic E-state index is 13.2. The number of carbonyl (C=O) groups is 3. The lowest BCUT2D eigenvalue weighted by atomic mass is 10.0. The van der Waals surface area contributed by atoms with Crippen LogP contribution >= 0.6 is 11.3 Å². The largest absolute Gasteiger partial charge is 0.313 e. The van der Waals surface area contributed by atoms with Gasteiger partial charge in [0.15, 0.2) is 0 Å². The van der Waals surface area contributed by atoms with Crippen molar-refractivity contribution in [3.63, 3.8) is 0 Å². The van der Waals surface area contributed by atoms with Crippen molar-refractivity contribution in [3.8, 4) is 0 Å². The second-order valence-electron chi connectivity index (χ2n) is 10.2. The molecule has 1 saturated heterocycles. The molecule has 10 nitrogen and oxygen atoms in total. The van der Waals surface area contributed by atoms with Gasteiger partial charge in [0.2, 0.25) is 15.9 Å². The monoisotopic (exact) mass is 561 g/mol.